The first kappa shape index (κ1) is 24.5. The van der Waals surface area contributed by atoms with Gasteiger partial charge in [0.2, 0.25) is 15.2 Å². The molecule has 4 aromatic rings. The van der Waals surface area contributed by atoms with Crippen LogP contribution in [0, 0.1) is 0 Å². The van der Waals surface area contributed by atoms with Gasteiger partial charge in [-0.25, -0.2) is 13.4 Å². The van der Waals surface area contributed by atoms with E-state index < -0.39 is 15.9 Å². The van der Waals surface area contributed by atoms with Gasteiger partial charge in [0.25, 0.3) is 5.91 Å². The van der Waals surface area contributed by atoms with Gasteiger partial charge < -0.3 is 9.47 Å². The zero-order chi connectivity index (χ0) is 25.1. The monoisotopic (exact) mass is 542 g/mol. The molecule has 1 aliphatic rings. The van der Waals surface area contributed by atoms with Gasteiger partial charge in [-0.05, 0) is 53.9 Å². The molecule has 2 aromatic heterocycles. The van der Waals surface area contributed by atoms with Gasteiger partial charge in [0.05, 0.1) is 41.7 Å². The number of nitrogens with zero attached hydrogens (tertiary/aromatic N) is 4. The molecule has 0 radical (unpaired) electrons. The molecule has 1 aliphatic heterocycles. The largest absolute Gasteiger partial charge is 0.497 e. The molecule has 0 spiro atoms. The van der Waals surface area contributed by atoms with Gasteiger partial charge in [-0.3, -0.25) is 4.79 Å². The van der Waals surface area contributed by atoms with Gasteiger partial charge in [0.15, 0.2) is 0 Å². The van der Waals surface area contributed by atoms with Crippen LogP contribution in [0.15, 0.2) is 70.0 Å². The average Bonchev–Trinajstić information content (AvgIpc) is 3.59. The van der Waals surface area contributed by atoms with Crippen LogP contribution in [0.5, 0.6) is 5.75 Å². The Hall–Kier alpha value is -3.16. The van der Waals surface area contributed by atoms with Crippen LogP contribution in [0.2, 0.25) is 0 Å². The first-order valence-corrected chi connectivity index (χ1v) is 14.1. The number of hydrazone groups is 1. The van der Waals surface area contributed by atoms with Gasteiger partial charge in [0, 0.05) is 23.5 Å². The van der Waals surface area contributed by atoms with E-state index in [-0.39, 0.29) is 10.5 Å². The second-order valence-electron chi connectivity index (χ2n) is 7.75. The number of rotatable bonds is 7. The van der Waals surface area contributed by atoms with Gasteiger partial charge in [-0.1, -0.05) is 17.4 Å². The van der Waals surface area contributed by atoms with Crippen LogP contribution >= 0.6 is 22.7 Å². The number of aromatic nitrogens is 1. The van der Waals surface area contributed by atoms with E-state index in [1.54, 1.807) is 19.4 Å². The maximum Gasteiger partial charge on any atom is 0.280 e. The Bertz CT molecular complexity index is 1490. The lowest BCUT2D eigenvalue weighted by Gasteiger charge is -2.26. The molecule has 3 heterocycles. The lowest BCUT2D eigenvalue weighted by Crippen LogP contribution is -2.40. The molecule has 0 saturated carbocycles. The van der Waals surface area contributed by atoms with Gasteiger partial charge >= 0.3 is 0 Å². The molecule has 1 fully saturated rings. The summed E-state index contributed by atoms with van der Waals surface area (Å²) in [6.45, 7) is 1.33. The molecular formula is C24H22N4O5S3. The van der Waals surface area contributed by atoms with E-state index in [4.69, 9.17) is 9.47 Å². The molecule has 12 heteroatoms. The summed E-state index contributed by atoms with van der Waals surface area (Å²) in [6, 6.07) is 15.2. The molecule has 1 amide bonds. The van der Waals surface area contributed by atoms with Gasteiger partial charge in [-0.15, -0.1) is 11.3 Å². The van der Waals surface area contributed by atoms with Crippen molar-refractivity contribution in [1.82, 2.24) is 9.29 Å². The van der Waals surface area contributed by atoms with Crippen molar-refractivity contribution in [2.45, 2.75) is 4.90 Å². The van der Waals surface area contributed by atoms with Crippen molar-refractivity contribution in [1.29, 1.82) is 0 Å². The van der Waals surface area contributed by atoms with Crippen molar-refractivity contribution in [3.8, 4) is 5.75 Å². The molecular weight excluding hydrogens is 520 g/mol. The van der Waals surface area contributed by atoms with Crippen molar-refractivity contribution in [3.05, 3.63) is 70.4 Å². The highest BCUT2D eigenvalue weighted by atomic mass is 32.2. The summed E-state index contributed by atoms with van der Waals surface area (Å²) in [5.41, 5.74) is 1.00. The molecule has 0 atom stereocenters. The highest BCUT2D eigenvalue weighted by molar-refractivity contribution is 7.89. The van der Waals surface area contributed by atoms with Crippen LogP contribution in [0.4, 0.5) is 5.13 Å². The fraction of sp³-hybridized carbons (Fsp3) is 0.208. The number of carbonyl (C=O) groups excluding carboxylic acids is 1. The molecule has 0 unspecified atom stereocenters. The number of morpholine rings is 1. The van der Waals surface area contributed by atoms with Crippen molar-refractivity contribution in [2.24, 2.45) is 5.10 Å². The van der Waals surface area contributed by atoms with E-state index in [0.717, 1.165) is 9.58 Å². The van der Waals surface area contributed by atoms with Crippen LogP contribution in [0.3, 0.4) is 0 Å². The van der Waals surface area contributed by atoms with Crippen LogP contribution in [0.25, 0.3) is 10.2 Å². The molecule has 0 N–H and O–H groups in total. The second kappa shape index (κ2) is 10.4. The third-order valence-electron chi connectivity index (χ3n) is 5.51. The summed E-state index contributed by atoms with van der Waals surface area (Å²) in [4.78, 5) is 19.1. The summed E-state index contributed by atoms with van der Waals surface area (Å²) in [6.07, 6.45) is 1.60. The predicted molar refractivity (Wildman–Crippen MR) is 141 cm³/mol. The van der Waals surface area contributed by atoms with Crippen LogP contribution in [0.1, 0.15) is 15.2 Å². The standard InChI is InChI=1S/C24H22N4O5S3/c1-32-18-6-9-21-22(15-18)35-24(26-21)28(25-16-19-3-2-14-34-19)23(29)17-4-7-20(8-5-17)36(30,31)27-10-12-33-13-11-27/h2-9,14-16H,10-13H2,1H3/b25-16+. The van der Waals surface area contributed by atoms with Gasteiger partial charge in [0.1, 0.15) is 5.75 Å². The van der Waals surface area contributed by atoms with Gasteiger partial charge in [-0.2, -0.15) is 14.4 Å². The lowest BCUT2D eigenvalue weighted by molar-refractivity contribution is 0.0730. The summed E-state index contributed by atoms with van der Waals surface area (Å²) in [7, 11) is -2.07. The van der Waals surface area contributed by atoms with E-state index in [2.05, 4.69) is 10.1 Å². The van der Waals surface area contributed by atoms with Crippen molar-refractivity contribution in [2.75, 3.05) is 38.4 Å². The minimum Gasteiger partial charge on any atom is -0.497 e. The summed E-state index contributed by atoms with van der Waals surface area (Å²) in [5, 5.41) is 7.99. The Morgan fingerprint density at radius 1 is 1.17 bits per heavy atom. The van der Waals surface area contributed by atoms with E-state index in [0.29, 0.717) is 42.7 Å². The normalized spacial score (nSPS) is 14.9. The minimum atomic E-state index is -3.66. The number of hydrogen-bond donors (Lipinski definition) is 0. The molecule has 36 heavy (non-hydrogen) atoms. The van der Waals surface area contributed by atoms with Crippen LogP contribution < -0.4 is 9.75 Å². The molecule has 0 aliphatic carbocycles. The van der Waals surface area contributed by atoms with Crippen LogP contribution in [-0.2, 0) is 14.8 Å². The highest BCUT2D eigenvalue weighted by Gasteiger charge is 2.27. The molecule has 186 valence electrons. The molecule has 9 nitrogen and oxygen atoms in total. The fourth-order valence-corrected chi connectivity index (χ4v) is 6.54. The smallest absolute Gasteiger partial charge is 0.280 e. The lowest BCUT2D eigenvalue weighted by atomic mass is 10.2. The number of methoxy groups -OCH3 is 1. The zero-order valence-corrected chi connectivity index (χ0v) is 21.7. The van der Waals surface area contributed by atoms with E-state index in [1.807, 2.05) is 29.6 Å². The number of hydrogen-bond acceptors (Lipinski definition) is 9. The summed E-state index contributed by atoms with van der Waals surface area (Å²) in [5.74, 6) is 0.263. The molecule has 5 rings (SSSR count). The Labute approximate surface area is 216 Å². The Morgan fingerprint density at radius 3 is 2.64 bits per heavy atom. The number of anilines is 1. The number of sulfonamides is 1. The van der Waals surface area contributed by atoms with E-state index in [9.17, 15) is 13.2 Å². The SMILES string of the molecule is COc1ccc2nc(N(/N=C/c3cccs3)C(=O)c3ccc(S(=O)(=O)N4CCOCC4)cc3)sc2c1. The number of benzene rings is 2. The number of ether oxygens (including phenoxy) is 2. The maximum atomic E-state index is 13.5. The summed E-state index contributed by atoms with van der Waals surface area (Å²) < 4.78 is 38.7. The van der Waals surface area contributed by atoms with Crippen molar-refractivity contribution in [3.63, 3.8) is 0 Å². The zero-order valence-electron chi connectivity index (χ0n) is 19.2. The molecule has 2 aromatic carbocycles. The number of thiophene rings is 1. The van der Waals surface area contributed by atoms with Crippen LogP contribution in [-0.4, -0.2) is 63.2 Å². The number of amides is 1. The highest BCUT2D eigenvalue weighted by Crippen LogP contribution is 2.32. The number of fused-ring (bicyclic) bond motifs is 1. The Balaban J connectivity index is 1.47. The Morgan fingerprint density at radius 2 is 1.94 bits per heavy atom. The number of carbonyl (C=O) groups is 1. The van der Waals surface area contributed by atoms with Crippen molar-refractivity contribution < 1.29 is 22.7 Å². The fourth-order valence-electron chi connectivity index (χ4n) is 3.61. The second-order valence-corrected chi connectivity index (χ2v) is 11.7. The average molecular weight is 543 g/mol. The number of thiazole rings is 1. The van der Waals surface area contributed by atoms with E-state index in [1.165, 1.54) is 56.3 Å². The quantitative estimate of drug-likeness (QED) is 0.258. The third kappa shape index (κ3) is 5.04. The minimum absolute atomic E-state index is 0.127. The first-order chi connectivity index (χ1) is 17.5. The predicted octanol–water partition coefficient (Wildman–Crippen LogP) is 4.07. The summed E-state index contributed by atoms with van der Waals surface area (Å²) >= 11 is 2.81. The first-order valence-electron chi connectivity index (χ1n) is 11.0. The maximum absolute atomic E-state index is 13.5. The van der Waals surface area contributed by atoms with E-state index >= 15 is 0 Å². The molecule has 1 saturated heterocycles. The Kier molecular flexibility index (Phi) is 7.12. The third-order valence-corrected chi connectivity index (χ3v) is 9.22. The molecule has 0 bridgehead atoms. The topological polar surface area (TPSA) is 101 Å². The van der Waals surface area contributed by atoms with Crippen molar-refractivity contribution >= 4 is 60.2 Å².